The molecular formula is C13H9IN2O5. The first-order chi connectivity index (χ1) is 9.88. The normalized spacial score (nSPS) is 10.2. The molecule has 21 heavy (non-hydrogen) atoms. The van der Waals surface area contributed by atoms with E-state index in [0.717, 1.165) is 0 Å². The summed E-state index contributed by atoms with van der Waals surface area (Å²) in [5.74, 6) is -1.42. The van der Waals surface area contributed by atoms with E-state index in [9.17, 15) is 14.9 Å². The van der Waals surface area contributed by atoms with Crippen molar-refractivity contribution in [2.75, 3.05) is 0 Å². The van der Waals surface area contributed by atoms with E-state index in [0.29, 0.717) is 9.13 Å². The molecule has 0 aliphatic carbocycles. The van der Waals surface area contributed by atoms with Crippen LogP contribution in [0.1, 0.15) is 15.9 Å². The Kier molecular flexibility index (Phi) is 4.36. The van der Waals surface area contributed by atoms with E-state index in [1.807, 2.05) is 22.6 Å². The molecule has 0 aliphatic rings. The minimum atomic E-state index is -1.18. The van der Waals surface area contributed by atoms with Gasteiger partial charge in [-0.05, 0) is 53.3 Å². The van der Waals surface area contributed by atoms with Gasteiger partial charge in [-0.2, -0.15) is 0 Å². The van der Waals surface area contributed by atoms with Crippen LogP contribution in [-0.2, 0) is 0 Å². The van der Waals surface area contributed by atoms with Gasteiger partial charge in [-0.3, -0.25) is 10.1 Å². The molecule has 0 fully saturated rings. The van der Waals surface area contributed by atoms with Gasteiger partial charge < -0.3 is 9.84 Å². The maximum atomic E-state index is 11.2. The Bertz CT molecular complexity index is 671. The number of nitro groups is 1. The van der Waals surface area contributed by atoms with E-state index in [1.165, 1.54) is 24.4 Å². The fraction of sp³-hybridized carbons (Fsp3) is 0.0769. The highest BCUT2D eigenvalue weighted by atomic mass is 127. The zero-order chi connectivity index (χ0) is 15.6. The van der Waals surface area contributed by atoms with E-state index in [1.54, 1.807) is 13.0 Å². The second-order valence-corrected chi connectivity index (χ2v) is 5.39. The Morgan fingerprint density at radius 2 is 2.14 bits per heavy atom. The smallest absolute Gasteiger partial charge is 0.339 e. The van der Waals surface area contributed by atoms with Gasteiger partial charge in [0.15, 0.2) is 0 Å². The summed E-state index contributed by atoms with van der Waals surface area (Å²) >= 11 is 1.97. The van der Waals surface area contributed by atoms with Crippen LogP contribution in [0, 0.1) is 20.6 Å². The van der Waals surface area contributed by atoms with Crippen molar-refractivity contribution in [1.29, 1.82) is 0 Å². The molecule has 2 rings (SSSR count). The van der Waals surface area contributed by atoms with E-state index in [-0.39, 0.29) is 22.9 Å². The summed E-state index contributed by atoms with van der Waals surface area (Å²) in [6.07, 6.45) is 1.41. The lowest BCUT2D eigenvalue weighted by molar-refractivity contribution is -0.386. The Hall–Kier alpha value is -2.23. The van der Waals surface area contributed by atoms with Gasteiger partial charge in [0.2, 0.25) is 0 Å². The second-order valence-electron chi connectivity index (χ2n) is 4.14. The molecule has 0 radical (unpaired) electrons. The quantitative estimate of drug-likeness (QED) is 0.480. The standard InChI is InChI=1S/C13H9IN2O5/c1-7-4-10(16(19)20)12(15-6-7)21-11-3-2-8(14)5-9(11)13(17)18/h2-6H,1H3,(H,17,18). The predicted molar refractivity (Wildman–Crippen MR) is 81.8 cm³/mol. The molecular weight excluding hydrogens is 391 g/mol. The van der Waals surface area contributed by atoms with Crippen LogP contribution in [0.2, 0.25) is 0 Å². The summed E-state index contributed by atoms with van der Waals surface area (Å²) in [6.45, 7) is 1.66. The number of aromatic nitrogens is 1. The van der Waals surface area contributed by atoms with Crippen LogP contribution < -0.4 is 4.74 Å². The molecule has 108 valence electrons. The second kappa shape index (κ2) is 6.04. The Labute approximate surface area is 132 Å². The van der Waals surface area contributed by atoms with E-state index >= 15 is 0 Å². The largest absolute Gasteiger partial charge is 0.478 e. The van der Waals surface area contributed by atoms with Crippen molar-refractivity contribution in [3.05, 3.63) is 55.3 Å². The van der Waals surface area contributed by atoms with Crippen molar-refractivity contribution in [3.8, 4) is 11.6 Å². The van der Waals surface area contributed by atoms with Crippen molar-refractivity contribution < 1.29 is 19.6 Å². The maximum Gasteiger partial charge on any atom is 0.339 e. The third-order valence-electron chi connectivity index (χ3n) is 2.54. The molecule has 0 amide bonds. The predicted octanol–water partition coefficient (Wildman–Crippen LogP) is 3.39. The van der Waals surface area contributed by atoms with Gasteiger partial charge in [0.1, 0.15) is 11.3 Å². The monoisotopic (exact) mass is 400 g/mol. The van der Waals surface area contributed by atoms with Crippen LogP contribution in [0.4, 0.5) is 5.69 Å². The zero-order valence-electron chi connectivity index (χ0n) is 10.7. The molecule has 0 saturated heterocycles. The first-order valence-corrected chi connectivity index (χ1v) is 6.78. The Morgan fingerprint density at radius 1 is 1.43 bits per heavy atom. The Balaban J connectivity index is 2.48. The summed E-state index contributed by atoms with van der Waals surface area (Å²) in [6, 6.07) is 5.81. The number of ether oxygens (including phenoxy) is 1. The van der Waals surface area contributed by atoms with Crippen LogP contribution in [0.15, 0.2) is 30.5 Å². The highest BCUT2D eigenvalue weighted by Gasteiger charge is 2.20. The molecule has 1 N–H and O–H groups in total. The lowest BCUT2D eigenvalue weighted by Gasteiger charge is -2.08. The number of carboxylic acid groups (broad SMARTS) is 1. The lowest BCUT2D eigenvalue weighted by Crippen LogP contribution is -2.03. The topological polar surface area (TPSA) is 103 Å². The summed E-state index contributed by atoms with van der Waals surface area (Å²) in [5.41, 5.74) is 0.207. The first kappa shape index (κ1) is 15.2. The van der Waals surface area contributed by atoms with Crippen LogP contribution in [-0.4, -0.2) is 21.0 Å². The van der Waals surface area contributed by atoms with Gasteiger partial charge in [-0.25, -0.2) is 9.78 Å². The molecule has 1 aromatic carbocycles. The molecule has 7 nitrogen and oxygen atoms in total. The van der Waals surface area contributed by atoms with Gasteiger partial charge in [0.25, 0.3) is 5.88 Å². The summed E-state index contributed by atoms with van der Waals surface area (Å²) in [4.78, 5) is 25.4. The number of carbonyl (C=O) groups is 1. The van der Waals surface area contributed by atoms with Crippen LogP contribution >= 0.6 is 22.6 Å². The minimum absolute atomic E-state index is 0.00219. The van der Waals surface area contributed by atoms with E-state index < -0.39 is 10.9 Å². The molecule has 0 spiro atoms. The van der Waals surface area contributed by atoms with Gasteiger partial charge in [0, 0.05) is 15.8 Å². The fourth-order valence-electron chi connectivity index (χ4n) is 1.61. The minimum Gasteiger partial charge on any atom is -0.478 e. The van der Waals surface area contributed by atoms with Crippen molar-refractivity contribution in [2.45, 2.75) is 6.92 Å². The summed E-state index contributed by atoms with van der Waals surface area (Å²) in [7, 11) is 0. The average Bonchev–Trinajstić information content (AvgIpc) is 2.42. The number of hydrogen-bond acceptors (Lipinski definition) is 5. The van der Waals surface area contributed by atoms with Crippen LogP contribution in [0.3, 0.4) is 0 Å². The van der Waals surface area contributed by atoms with E-state index in [2.05, 4.69) is 4.98 Å². The first-order valence-electron chi connectivity index (χ1n) is 5.70. The number of aromatic carboxylic acids is 1. The third-order valence-corrected chi connectivity index (χ3v) is 3.22. The SMILES string of the molecule is Cc1cnc(Oc2ccc(I)cc2C(=O)O)c([N+](=O)[O-])c1. The van der Waals surface area contributed by atoms with E-state index in [4.69, 9.17) is 9.84 Å². The average molecular weight is 400 g/mol. The molecule has 2 aromatic rings. The van der Waals surface area contributed by atoms with Gasteiger partial charge >= 0.3 is 11.7 Å². The zero-order valence-corrected chi connectivity index (χ0v) is 12.9. The fourth-order valence-corrected chi connectivity index (χ4v) is 2.10. The van der Waals surface area contributed by atoms with Crippen molar-refractivity contribution in [2.24, 2.45) is 0 Å². The molecule has 1 aromatic heterocycles. The molecule has 8 heteroatoms. The van der Waals surface area contributed by atoms with Gasteiger partial charge in [0.05, 0.1) is 4.92 Å². The van der Waals surface area contributed by atoms with Crippen molar-refractivity contribution in [3.63, 3.8) is 0 Å². The summed E-state index contributed by atoms with van der Waals surface area (Å²) in [5, 5.41) is 20.2. The highest BCUT2D eigenvalue weighted by Crippen LogP contribution is 2.32. The molecule has 0 aliphatic heterocycles. The van der Waals surface area contributed by atoms with Crippen molar-refractivity contribution in [1.82, 2.24) is 4.98 Å². The maximum absolute atomic E-state index is 11.2. The number of halogens is 1. The number of nitrogens with zero attached hydrogens (tertiary/aromatic N) is 2. The lowest BCUT2D eigenvalue weighted by atomic mass is 10.2. The number of rotatable bonds is 4. The van der Waals surface area contributed by atoms with Crippen molar-refractivity contribution >= 4 is 34.2 Å². The Morgan fingerprint density at radius 3 is 2.76 bits per heavy atom. The highest BCUT2D eigenvalue weighted by molar-refractivity contribution is 14.1. The van der Waals surface area contributed by atoms with Crippen LogP contribution in [0.5, 0.6) is 11.6 Å². The van der Waals surface area contributed by atoms with Gasteiger partial charge in [-0.15, -0.1) is 0 Å². The molecule has 0 bridgehead atoms. The molecule has 0 saturated carbocycles. The number of benzene rings is 1. The number of hydrogen-bond donors (Lipinski definition) is 1. The third kappa shape index (κ3) is 3.45. The molecule has 1 heterocycles. The number of pyridine rings is 1. The molecule has 0 unspecified atom stereocenters. The molecule has 0 atom stereocenters. The van der Waals surface area contributed by atoms with Gasteiger partial charge in [-0.1, -0.05) is 0 Å². The number of aryl methyl sites for hydroxylation is 1. The summed E-state index contributed by atoms with van der Waals surface area (Å²) < 4.78 is 6.05. The van der Waals surface area contributed by atoms with Crippen LogP contribution in [0.25, 0.3) is 0 Å². The number of carboxylic acids is 1.